The maximum Gasteiger partial charge on any atom is 0.226 e. The molecule has 5 nitrogen and oxygen atoms in total. The number of benzene rings is 1. The number of rotatable bonds is 6. The van der Waals surface area contributed by atoms with Gasteiger partial charge in [-0.15, -0.1) is 0 Å². The highest BCUT2D eigenvalue weighted by Gasteiger charge is 2.13. The van der Waals surface area contributed by atoms with E-state index in [1.54, 1.807) is 0 Å². The van der Waals surface area contributed by atoms with Gasteiger partial charge in [-0.25, -0.2) is 0 Å². The molecule has 0 unspecified atom stereocenters. The van der Waals surface area contributed by atoms with E-state index in [4.69, 9.17) is 4.74 Å². The zero-order valence-corrected chi connectivity index (χ0v) is 12.9. The maximum atomic E-state index is 11.9. The molecule has 0 spiro atoms. The molecule has 1 saturated heterocycles. The zero-order valence-electron chi connectivity index (χ0n) is 12.9. The number of carbonyl (C=O) groups excluding carboxylic acids is 1. The Hall–Kier alpha value is -1.59. The summed E-state index contributed by atoms with van der Waals surface area (Å²) in [5.74, 6) is 0.00142. The molecule has 1 heterocycles. The molecule has 21 heavy (non-hydrogen) atoms. The van der Waals surface area contributed by atoms with Gasteiger partial charge in [-0.1, -0.05) is 0 Å². The second-order valence-electron chi connectivity index (χ2n) is 5.56. The summed E-state index contributed by atoms with van der Waals surface area (Å²) in [5, 5.41) is 6.19. The average molecular weight is 291 g/mol. The van der Waals surface area contributed by atoms with Crippen molar-refractivity contribution in [3.8, 4) is 0 Å². The summed E-state index contributed by atoms with van der Waals surface area (Å²) in [5.41, 5.74) is 1.94. The highest BCUT2D eigenvalue weighted by atomic mass is 16.5. The van der Waals surface area contributed by atoms with E-state index in [2.05, 4.69) is 10.6 Å². The topological polar surface area (TPSA) is 53.6 Å². The Bertz CT molecular complexity index is 439. The molecule has 1 aliphatic rings. The highest BCUT2D eigenvalue weighted by molar-refractivity contribution is 5.90. The summed E-state index contributed by atoms with van der Waals surface area (Å²) in [7, 11) is 3.98. The van der Waals surface area contributed by atoms with Crippen molar-refractivity contribution in [1.29, 1.82) is 0 Å². The smallest absolute Gasteiger partial charge is 0.226 e. The maximum absolute atomic E-state index is 11.9. The molecule has 0 radical (unpaired) electrons. The third kappa shape index (κ3) is 5.36. The van der Waals surface area contributed by atoms with Gasteiger partial charge in [0.25, 0.3) is 0 Å². The zero-order chi connectivity index (χ0) is 15.1. The molecule has 1 aromatic rings. The first-order valence-corrected chi connectivity index (χ1v) is 7.55. The summed E-state index contributed by atoms with van der Waals surface area (Å²) in [4.78, 5) is 13.9. The minimum Gasteiger partial charge on any atom is -0.378 e. The van der Waals surface area contributed by atoms with Crippen molar-refractivity contribution < 1.29 is 9.53 Å². The molecule has 1 aromatic carbocycles. The minimum atomic E-state index is 0.00142. The molecule has 0 aromatic heterocycles. The molecular weight excluding hydrogens is 266 g/mol. The van der Waals surface area contributed by atoms with Crippen molar-refractivity contribution in [2.24, 2.45) is 0 Å². The number of hydrogen-bond donors (Lipinski definition) is 2. The van der Waals surface area contributed by atoms with E-state index in [1.165, 1.54) is 0 Å². The van der Waals surface area contributed by atoms with Crippen LogP contribution in [0, 0.1) is 0 Å². The summed E-state index contributed by atoms with van der Waals surface area (Å²) in [6, 6.07) is 7.81. The molecule has 1 aliphatic heterocycles. The van der Waals surface area contributed by atoms with Crippen molar-refractivity contribution in [1.82, 2.24) is 5.32 Å². The predicted molar refractivity (Wildman–Crippen MR) is 85.9 cm³/mol. The standard InChI is InChI=1S/C16H25N3O2/c1-19(2)14-5-3-13(4-6-14)18-16(20)9-12-21-15-7-10-17-11-8-15/h3-6,15,17H,7-12H2,1-2H3,(H,18,20). The molecule has 0 aliphatic carbocycles. The Morgan fingerprint density at radius 1 is 1.29 bits per heavy atom. The monoisotopic (exact) mass is 291 g/mol. The van der Waals surface area contributed by atoms with Crippen LogP contribution in [-0.4, -0.2) is 45.8 Å². The second-order valence-corrected chi connectivity index (χ2v) is 5.56. The van der Waals surface area contributed by atoms with E-state index in [9.17, 15) is 4.79 Å². The van der Waals surface area contributed by atoms with Crippen LogP contribution in [0.3, 0.4) is 0 Å². The lowest BCUT2D eigenvalue weighted by molar-refractivity contribution is -0.117. The Labute approximate surface area is 126 Å². The van der Waals surface area contributed by atoms with E-state index < -0.39 is 0 Å². The fraction of sp³-hybridized carbons (Fsp3) is 0.562. The summed E-state index contributed by atoms with van der Waals surface area (Å²) < 4.78 is 5.73. The van der Waals surface area contributed by atoms with Gasteiger partial charge in [0.15, 0.2) is 0 Å². The van der Waals surface area contributed by atoms with Crippen LogP contribution in [0.25, 0.3) is 0 Å². The van der Waals surface area contributed by atoms with Crippen molar-refractivity contribution in [3.63, 3.8) is 0 Å². The third-order valence-electron chi connectivity index (χ3n) is 3.64. The van der Waals surface area contributed by atoms with Gasteiger partial charge >= 0.3 is 0 Å². The largest absolute Gasteiger partial charge is 0.378 e. The van der Waals surface area contributed by atoms with Gasteiger partial charge in [-0.3, -0.25) is 4.79 Å². The highest BCUT2D eigenvalue weighted by Crippen LogP contribution is 2.15. The molecular formula is C16H25N3O2. The van der Waals surface area contributed by atoms with Crippen LogP contribution < -0.4 is 15.5 Å². The third-order valence-corrected chi connectivity index (χ3v) is 3.64. The van der Waals surface area contributed by atoms with Crippen molar-refractivity contribution >= 4 is 17.3 Å². The molecule has 0 atom stereocenters. The average Bonchev–Trinajstić information content (AvgIpc) is 2.49. The molecule has 1 amide bonds. The van der Waals surface area contributed by atoms with Crippen molar-refractivity contribution in [2.45, 2.75) is 25.4 Å². The van der Waals surface area contributed by atoms with E-state index in [1.807, 2.05) is 43.3 Å². The van der Waals surface area contributed by atoms with Crippen LogP contribution in [0.2, 0.25) is 0 Å². The lowest BCUT2D eigenvalue weighted by Crippen LogP contribution is -2.33. The lowest BCUT2D eigenvalue weighted by Gasteiger charge is -2.22. The van der Waals surface area contributed by atoms with Gasteiger partial charge in [0, 0.05) is 25.5 Å². The molecule has 2 rings (SSSR count). The number of hydrogen-bond acceptors (Lipinski definition) is 4. The normalized spacial score (nSPS) is 15.7. The molecule has 0 bridgehead atoms. The van der Waals surface area contributed by atoms with Crippen LogP contribution in [-0.2, 0) is 9.53 Å². The van der Waals surface area contributed by atoms with Gasteiger partial charge < -0.3 is 20.3 Å². The van der Waals surface area contributed by atoms with Crippen LogP contribution in [0.4, 0.5) is 11.4 Å². The Morgan fingerprint density at radius 3 is 2.57 bits per heavy atom. The molecule has 2 N–H and O–H groups in total. The number of amides is 1. The fourth-order valence-corrected chi connectivity index (χ4v) is 2.35. The van der Waals surface area contributed by atoms with E-state index in [0.29, 0.717) is 19.1 Å². The second kappa shape index (κ2) is 8.00. The van der Waals surface area contributed by atoms with Crippen LogP contribution in [0.5, 0.6) is 0 Å². The number of anilines is 2. The van der Waals surface area contributed by atoms with Crippen LogP contribution in [0.1, 0.15) is 19.3 Å². The lowest BCUT2D eigenvalue weighted by atomic mass is 10.1. The predicted octanol–water partition coefficient (Wildman–Crippen LogP) is 1.85. The number of piperidine rings is 1. The molecule has 1 fully saturated rings. The minimum absolute atomic E-state index is 0.00142. The van der Waals surface area contributed by atoms with Gasteiger partial charge in [-0.05, 0) is 50.2 Å². The summed E-state index contributed by atoms with van der Waals surface area (Å²) in [6.45, 7) is 2.51. The van der Waals surface area contributed by atoms with E-state index in [-0.39, 0.29) is 5.91 Å². The number of carbonyl (C=O) groups is 1. The fourth-order valence-electron chi connectivity index (χ4n) is 2.35. The molecule has 116 valence electrons. The summed E-state index contributed by atoms with van der Waals surface area (Å²) >= 11 is 0. The molecule has 0 saturated carbocycles. The van der Waals surface area contributed by atoms with Gasteiger partial charge in [-0.2, -0.15) is 0 Å². The van der Waals surface area contributed by atoms with Crippen LogP contribution in [0.15, 0.2) is 24.3 Å². The van der Waals surface area contributed by atoms with E-state index in [0.717, 1.165) is 37.3 Å². The molecule has 5 heteroatoms. The first kappa shape index (κ1) is 15.8. The quantitative estimate of drug-likeness (QED) is 0.840. The first-order valence-electron chi connectivity index (χ1n) is 7.55. The number of nitrogens with one attached hydrogen (secondary N) is 2. The van der Waals surface area contributed by atoms with E-state index >= 15 is 0 Å². The Morgan fingerprint density at radius 2 is 1.95 bits per heavy atom. The van der Waals surface area contributed by atoms with Crippen molar-refractivity contribution in [3.05, 3.63) is 24.3 Å². The Balaban J connectivity index is 1.68. The van der Waals surface area contributed by atoms with Gasteiger partial charge in [0.1, 0.15) is 0 Å². The Kier molecular flexibility index (Phi) is 6.02. The van der Waals surface area contributed by atoms with Crippen LogP contribution >= 0.6 is 0 Å². The SMILES string of the molecule is CN(C)c1ccc(NC(=O)CCOC2CCNCC2)cc1. The number of ether oxygens (including phenoxy) is 1. The first-order chi connectivity index (χ1) is 10.1. The van der Waals surface area contributed by atoms with Gasteiger partial charge in [0.2, 0.25) is 5.91 Å². The summed E-state index contributed by atoms with van der Waals surface area (Å²) in [6.07, 6.45) is 2.78. The van der Waals surface area contributed by atoms with Gasteiger partial charge in [0.05, 0.1) is 19.1 Å². The number of nitrogens with zero attached hydrogens (tertiary/aromatic N) is 1. The van der Waals surface area contributed by atoms with Crippen molar-refractivity contribution in [2.75, 3.05) is 44.0 Å².